The highest BCUT2D eigenvalue weighted by Gasteiger charge is 2.27. The van der Waals surface area contributed by atoms with Gasteiger partial charge in [0.15, 0.2) is 0 Å². The molecule has 0 bridgehead atoms. The molecular formula is C22H16N2O2S. The molecule has 0 radical (unpaired) electrons. The number of rotatable bonds is 3. The third-order valence-electron chi connectivity index (χ3n) is 4.56. The van der Waals surface area contributed by atoms with E-state index in [4.69, 9.17) is 0 Å². The van der Waals surface area contributed by atoms with E-state index in [0.717, 1.165) is 20.5 Å². The standard InChI is InChI=1S/C22H16N2O2S/c1-16-11-13-17(14-12-16)22-19-9-5-6-10-20(19)24(21(22)15-23)27(25,26)18-7-3-2-4-8-18/h2-14H,1H3. The fraction of sp³-hybridized carbons (Fsp3) is 0.0455. The molecule has 0 aliphatic rings. The Balaban J connectivity index is 2.12. The maximum atomic E-state index is 13.3. The summed E-state index contributed by atoms with van der Waals surface area (Å²) in [4.78, 5) is 0.151. The first kappa shape index (κ1) is 17.1. The van der Waals surface area contributed by atoms with Crippen molar-refractivity contribution in [2.45, 2.75) is 11.8 Å². The van der Waals surface area contributed by atoms with Crippen LogP contribution in [0.2, 0.25) is 0 Å². The molecule has 4 rings (SSSR count). The Labute approximate surface area is 158 Å². The van der Waals surface area contributed by atoms with Crippen molar-refractivity contribution < 1.29 is 8.42 Å². The molecule has 0 amide bonds. The highest BCUT2D eigenvalue weighted by molar-refractivity contribution is 7.90. The average molecular weight is 372 g/mol. The summed E-state index contributed by atoms with van der Waals surface area (Å²) in [5, 5.41) is 10.6. The van der Waals surface area contributed by atoms with Gasteiger partial charge in [-0.25, -0.2) is 12.4 Å². The molecule has 0 fully saturated rings. The zero-order chi connectivity index (χ0) is 19.0. The second-order valence-corrected chi connectivity index (χ2v) is 8.09. The molecule has 5 heteroatoms. The van der Waals surface area contributed by atoms with E-state index in [2.05, 4.69) is 6.07 Å². The zero-order valence-corrected chi connectivity index (χ0v) is 15.4. The molecular weight excluding hydrogens is 356 g/mol. The Morgan fingerprint density at radius 3 is 2.15 bits per heavy atom. The van der Waals surface area contributed by atoms with E-state index in [1.165, 1.54) is 12.1 Å². The lowest BCUT2D eigenvalue weighted by Crippen LogP contribution is -2.14. The van der Waals surface area contributed by atoms with Crippen LogP contribution in [-0.4, -0.2) is 12.4 Å². The molecule has 0 N–H and O–H groups in total. The highest BCUT2D eigenvalue weighted by atomic mass is 32.2. The number of hydrogen-bond donors (Lipinski definition) is 0. The summed E-state index contributed by atoms with van der Waals surface area (Å²) in [5.41, 5.74) is 3.15. The second-order valence-electron chi connectivity index (χ2n) is 6.30. The lowest BCUT2D eigenvalue weighted by molar-refractivity contribution is 0.588. The fourth-order valence-corrected chi connectivity index (χ4v) is 4.78. The summed E-state index contributed by atoms with van der Waals surface area (Å²) >= 11 is 0. The van der Waals surface area contributed by atoms with E-state index in [-0.39, 0.29) is 10.6 Å². The van der Waals surface area contributed by atoms with Crippen LogP contribution in [0.1, 0.15) is 11.3 Å². The summed E-state index contributed by atoms with van der Waals surface area (Å²) in [6.07, 6.45) is 0. The minimum Gasteiger partial charge on any atom is -0.223 e. The molecule has 1 heterocycles. The van der Waals surface area contributed by atoms with Crippen molar-refractivity contribution in [1.29, 1.82) is 5.26 Å². The zero-order valence-electron chi connectivity index (χ0n) is 14.6. The topological polar surface area (TPSA) is 62.9 Å². The van der Waals surface area contributed by atoms with Gasteiger partial charge in [0.2, 0.25) is 0 Å². The van der Waals surface area contributed by atoms with Crippen LogP contribution in [0.15, 0.2) is 83.8 Å². The SMILES string of the molecule is Cc1ccc(-c2c(C#N)n(S(=O)(=O)c3ccccc3)c3ccccc23)cc1. The van der Waals surface area contributed by atoms with Crippen LogP contribution in [0.3, 0.4) is 0 Å². The van der Waals surface area contributed by atoms with E-state index < -0.39 is 10.0 Å². The molecule has 0 atom stereocenters. The predicted octanol–water partition coefficient (Wildman–Crippen LogP) is 4.73. The molecule has 27 heavy (non-hydrogen) atoms. The number of hydrogen-bond acceptors (Lipinski definition) is 3. The quantitative estimate of drug-likeness (QED) is 0.522. The van der Waals surface area contributed by atoms with Crippen LogP contribution >= 0.6 is 0 Å². The first-order valence-electron chi connectivity index (χ1n) is 8.45. The number of aryl methyl sites for hydroxylation is 1. The molecule has 4 aromatic rings. The smallest absolute Gasteiger partial charge is 0.223 e. The summed E-state index contributed by atoms with van der Waals surface area (Å²) in [6, 6.07) is 25.2. The number of aromatic nitrogens is 1. The predicted molar refractivity (Wildman–Crippen MR) is 106 cm³/mol. The minimum atomic E-state index is -3.91. The lowest BCUT2D eigenvalue weighted by atomic mass is 10.0. The van der Waals surface area contributed by atoms with Crippen molar-refractivity contribution >= 4 is 20.9 Å². The minimum absolute atomic E-state index is 0.115. The molecule has 132 valence electrons. The van der Waals surface area contributed by atoms with Gasteiger partial charge in [0.1, 0.15) is 11.8 Å². The van der Waals surface area contributed by atoms with Gasteiger partial charge in [-0.15, -0.1) is 0 Å². The van der Waals surface area contributed by atoms with Gasteiger partial charge in [-0.3, -0.25) is 0 Å². The summed E-state index contributed by atoms with van der Waals surface area (Å²) < 4.78 is 27.8. The van der Waals surface area contributed by atoms with Crippen LogP contribution in [0.5, 0.6) is 0 Å². The molecule has 0 aliphatic carbocycles. The number of para-hydroxylation sites is 1. The van der Waals surface area contributed by atoms with E-state index in [1.807, 2.05) is 43.3 Å². The Morgan fingerprint density at radius 1 is 0.852 bits per heavy atom. The lowest BCUT2D eigenvalue weighted by Gasteiger charge is -2.09. The fourth-order valence-electron chi connectivity index (χ4n) is 3.27. The maximum absolute atomic E-state index is 13.3. The van der Waals surface area contributed by atoms with Gasteiger partial charge in [-0.1, -0.05) is 66.2 Å². The van der Waals surface area contributed by atoms with Crippen LogP contribution in [0, 0.1) is 18.3 Å². The van der Waals surface area contributed by atoms with Gasteiger partial charge in [0.05, 0.1) is 10.4 Å². The summed E-state index contributed by atoms with van der Waals surface area (Å²) in [5.74, 6) is 0. The van der Waals surface area contributed by atoms with Crippen LogP contribution < -0.4 is 0 Å². The average Bonchev–Trinajstić information content (AvgIpc) is 3.04. The van der Waals surface area contributed by atoms with Crippen molar-refractivity contribution in [3.63, 3.8) is 0 Å². The van der Waals surface area contributed by atoms with Crippen molar-refractivity contribution in [3.8, 4) is 17.2 Å². The molecule has 0 saturated carbocycles. The number of fused-ring (bicyclic) bond motifs is 1. The number of benzene rings is 3. The van der Waals surface area contributed by atoms with Gasteiger partial charge < -0.3 is 0 Å². The normalized spacial score (nSPS) is 11.4. The van der Waals surface area contributed by atoms with Gasteiger partial charge in [-0.2, -0.15) is 5.26 Å². The van der Waals surface area contributed by atoms with Crippen LogP contribution in [-0.2, 0) is 10.0 Å². The Bertz CT molecular complexity index is 1280. The molecule has 0 aliphatic heterocycles. The largest absolute Gasteiger partial charge is 0.269 e. The van der Waals surface area contributed by atoms with E-state index in [1.54, 1.807) is 30.3 Å². The van der Waals surface area contributed by atoms with Crippen molar-refractivity contribution in [2.24, 2.45) is 0 Å². The Morgan fingerprint density at radius 2 is 1.48 bits per heavy atom. The van der Waals surface area contributed by atoms with Crippen LogP contribution in [0.25, 0.3) is 22.0 Å². The molecule has 4 nitrogen and oxygen atoms in total. The number of nitrogens with zero attached hydrogens (tertiary/aromatic N) is 2. The second kappa shape index (κ2) is 6.42. The monoisotopic (exact) mass is 372 g/mol. The van der Waals surface area contributed by atoms with Crippen molar-refractivity contribution in [1.82, 2.24) is 3.97 Å². The van der Waals surface area contributed by atoms with E-state index in [0.29, 0.717) is 11.1 Å². The van der Waals surface area contributed by atoms with E-state index >= 15 is 0 Å². The van der Waals surface area contributed by atoms with E-state index in [9.17, 15) is 13.7 Å². The highest BCUT2D eigenvalue weighted by Crippen LogP contribution is 2.37. The van der Waals surface area contributed by atoms with Gasteiger partial charge in [-0.05, 0) is 30.7 Å². The Kier molecular flexibility index (Phi) is 4.06. The number of nitriles is 1. The molecule has 0 spiro atoms. The third kappa shape index (κ3) is 2.71. The molecule has 1 aromatic heterocycles. The first-order chi connectivity index (χ1) is 13.0. The molecule has 3 aromatic carbocycles. The van der Waals surface area contributed by atoms with Crippen molar-refractivity contribution in [3.05, 3.63) is 90.1 Å². The molecule has 0 unspecified atom stereocenters. The first-order valence-corrected chi connectivity index (χ1v) is 9.89. The van der Waals surface area contributed by atoms with Gasteiger partial charge in [0.25, 0.3) is 10.0 Å². The van der Waals surface area contributed by atoms with Gasteiger partial charge >= 0.3 is 0 Å². The molecule has 0 saturated heterocycles. The summed E-state index contributed by atoms with van der Waals surface area (Å²) in [6.45, 7) is 1.98. The third-order valence-corrected chi connectivity index (χ3v) is 6.29. The van der Waals surface area contributed by atoms with Gasteiger partial charge in [0, 0.05) is 10.9 Å². The van der Waals surface area contributed by atoms with Crippen LogP contribution in [0.4, 0.5) is 0 Å². The summed E-state index contributed by atoms with van der Waals surface area (Å²) in [7, 11) is -3.91. The Hall–Kier alpha value is -3.36. The van der Waals surface area contributed by atoms with Crippen molar-refractivity contribution in [2.75, 3.05) is 0 Å². The maximum Gasteiger partial charge on any atom is 0.269 e.